The highest BCUT2D eigenvalue weighted by atomic mass is 19.1. The predicted molar refractivity (Wildman–Crippen MR) is 147 cm³/mol. The van der Waals surface area contributed by atoms with E-state index in [0.717, 1.165) is 36.4 Å². The molecule has 3 nitrogen and oxygen atoms in total. The molecule has 0 saturated heterocycles. The molecule has 0 aliphatic carbocycles. The van der Waals surface area contributed by atoms with Crippen molar-refractivity contribution >= 4 is 0 Å². The van der Waals surface area contributed by atoms with Crippen LogP contribution in [0, 0.1) is 5.92 Å². The molecule has 2 rings (SSSR count). The van der Waals surface area contributed by atoms with Gasteiger partial charge in [0.05, 0.1) is 6.61 Å². The Bertz CT molecular complexity index is 763. The minimum atomic E-state index is -0.789. The van der Waals surface area contributed by atoms with Crippen molar-refractivity contribution < 1.29 is 9.13 Å². The van der Waals surface area contributed by atoms with E-state index in [9.17, 15) is 4.39 Å². The second kappa shape index (κ2) is 18.3. The Labute approximate surface area is 214 Å². The molecule has 0 aliphatic heterocycles. The average Bonchev–Trinajstić information content (AvgIpc) is 2.86. The van der Waals surface area contributed by atoms with Crippen LogP contribution in [0.25, 0.3) is 11.4 Å². The zero-order chi connectivity index (χ0) is 25.1. The number of aryl methyl sites for hydroxylation is 1. The molecule has 0 bridgehead atoms. The Hall–Kier alpha value is -1.97. The van der Waals surface area contributed by atoms with E-state index < -0.39 is 6.17 Å². The van der Waals surface area contributed by atoms with E-state index in [2.05, 4.69) is 30.7 Å². The van der Waals surface area contributed by atoms with Crippen LogP contribution >= 0.6 is 0 Å². The molecule has 0 radical (unpaired) electrons. The molecular weight excluding hydrogens is 435 g/mol. The molecule has 35 heavy (non-hydrogen) atoms. The Kier molecular flexibility index (Phi) is 15.3. The Morgan fingerprint density at radius 1 is 0.771 bits per heavy atom. The molecule has 4 heteroatoms. The summed E-state index contributed by atoms with van der Waals surface area (Å²) in [6.45, 7) is 6.95. The Morgan fingerprint density at radius 3 is 1.97 bits per heavy atom. The lowest BCUT2D eigenvalue weighted by molar-refractivity contribution is 0.206. The summed E-state index contributed by atoms with van der Waals surface area (Å²) in [6.07, 6.45) is 21.0. The van der Waals surface area contributed by atoms with Crippen molar-refractivity contribution in [3.8, 4) is 17.1 Å². The molecule has 0 aliphatic rings. The number of alkyl halides is 1. The van der Waals surface area contributed by atoms with E-state index in [1.54, 1.807) is 0 Å². The van der Waals surface area contributed by atoms with Gasteiger partial charge in [-0.1, -0.05) is 91.4 Å². The quantitative estimate of drug-likeness (QED) is 0.175. The summed E-state index contributed by atoms with van der Waals surface area (Å²) in [6, 6.07) is 7.79. The molecule has 2 unspecified atom stereocenters. The number of aromatic nitrogens is 2. The average molecular weight is 485 g/mol. The van der Waals surface area contributed by atoms with Gasteiger partial charge in [0.15, 0.2) is 5.82 Å². The minimum Gasteiger partial charge on any atom is -0.493 e. The van der Waals surface area contributed by atoms with Crippen molar-refractivity contribution in [3.05, 3.63) is 42.2 Å². The predicted octanol–water partition coefficient (Wildman–Crippen LogP) is 9.54. The SMILES string of the molecule is CCCCCCCCCCCCc1cnc(-c2ccc(OCCC(F)CC(C)CCC)cc2)nc1. The lowest BCUT2D eigenvalue weighted by Gasteiger charge is -2.14. The zero-order valence-electron chi connectivity index (χ0n) is 22.6. The molecule has 0 N–H and O–H groups in total. The molecule has 0 spiro atoms. The number of ether oxygens (including phenoxy) is 1. The molecule has 2 atom stereocenters. The summed E-state index contributed by atoms with van der Waals surface area (Å²) < 4.78 is 19.8. The van der Waals surface area contributed by atoms with Gasteiger partial charge < -0.3 is 4.74 Å². The maximum atomic E-state index is 14.1. The van der Waals surface area contributed by atoms with Crippen LogP contribution in [-0.4, -0.2) is 22.7 Å². The summed E-state index contributed by atoms with van der Waals surface area (Å²) in [7, 11) is 0. The molecule has 1 aromatic carbocycles. The van der Waals surface area contributed by atoms with Crippen LogP contribution in [0.2, 0.25) is 0 Å². The van der Waals surface area contributed by atoms with Crippen molar-refractivity contribution in [2.24, 2.45) is 5.92 Å². The Morgan fingerprint density at radius 2 is 1.37 bits per heavy atom. The first-order chi connectivity index (χ1) is 17.1. The first-order valence-corrected chi connectivity index (χ1v) is 14.3. The van der Waals surface area contributed by atoms with Crippen LogP contribution in [0.3, 0.4) is 0 Å². The summed E-state index contributed by atoms with van der Waals surface area (Å²) in [5.74, 6) is 1.94. The number of nitrogens with zero attached hydrogens (tertiary/aromatic N) is 2. The molecule has 0 saturated carbocycles. The van der Waals surface area contributed by atoms with Crippen LogP contribution in [-0.2, 0) is 6.42 Å². The normalized spacial score (nSPS) is 13.0. The topological polar surface area (TPSA) is 35.0 Å². The van der Waals surface area contributed by atoms with E-state index >= 15 is 0 Å². The van der Waals surface area contributed by atoms with Gasteiger partial charge in [-0.15, -0.1) is 0 Å². The number of benzene rings is 1. The van der Waals surface area contributed by atoms with Gasteiger partial charge in [-0.3, -0.25) is 0 Å². The molecule has 1 heterocycles. The first kappa shape index (κ1) is 29.3. The second-order valence-electron chi connectivity index (χ2n) is 10.2. The minimum absolute atomic E-state index is 0.406. The third kappa shape index (κ3) is 13.1. The second-order valence-corrected chi connectivity index (χ2v) is 10.2. The number of halogens is 1. The maximum absolute atomic E-state index is 14.1. The zero-order valence-corrected chi connectivity index (χ0v) is 22.6. The highest BCUT2D eigenvalue weighted by Crippen LogP contribution is 2.21. The fraction of sp³-hybridized carbons (Fsp3) is 0.677. The Balaban J connectivity index is 1.62. The summed E-state index contributed by atoms with van der Waals surface area (Å²) >= 11 is 0. The third-order valence-electron chi connectivity index (χ3n) is 6.78. The summed E-state index contributed by atoms with van der Waals surface area (Å²) in [5, 5.41) is 0. The van der Waals surface area contributed by atoms with Gasteiger partial charge in [0.25, 0.3) is 0 Å². The van der Waals surface area contributed by atoms with Crippen molar-refractivity contribution in [1.29, 1.82) is 0 Å². The molecule has 0 fully saturated rings. The third-order valence-corrected chi connectivity index (χ3v) is 6.78. The van der Waals surface area contributed by atoms with E-state index in [1.807, 2.05) is 36.7 Å². The van der Waals surface area contributed by atoms with Gasteiger partial charge in [0.2, 0.25) is 0 Å². The number of hydrogen-bond donors (Lipinski definition) is 0. The molecule has 196 valence electrons. The number of rotatable bonds is 20. The molecule has 1 aromatic heterocycles. The highest BCUT2D eigenvalue weighted by Gasteiger charge is 2.12. The summed E-state index contributed by atoms with van der Waals surface area (Å²) in [4.78, 5) is 9.14. The first-order valence-electron chi connectivity index (χ1n) is 14.3. The van der Waals surface area contributed by atoms with Gasteiger partial charge in [0.1, 0.15) is 11.9 Å². The van der Waals surface area contributed by atoms with Crippen LogP contribution in [0.15, 0.2) is 36.7 Å². The highest BCUT2D eigenvalue weighted by molar-refractivity contribution is 5.55. The van der Waals surface area contributed by atoms with Crippen molar-refractivity contribution in [2.45, 2.75) is 123 Å². The van der Waals surface area contributed by atoms with E-state index in [1.165, 1.54) is 69.8 Å². The largest absolute Gasteiger partial charge is 0.493 e. The van der Waals surface area contributed by atoms with Crippen molar-refractivity contribution in [1.82, 2.24) is 9.97 Å². The lowest BCUT2D eigenvalue weighted by Crippen LogP contribution is -2.11. The maximum Gasteiger partial charge on any atom is 0.159 e. The van der Waals surface area contributed by atoms with E-state index in [0.29, 0.717) is 25.4 Å². The number of unbranched alkanes of at least 4 members (excludes halogenated alkanes) is 9. The van der Waals surface area contributed by atoms with Crippen molar-refractivity contribution in [2.75, 3.05) is 6.61 Å². The van der Waals surface area contributed by atoms with Gasteiger partial charge >= 0.3 is 0 Å². The van der Waals surface area contributed by atoms with Crippen LogP contribution < -0.4 is 4.74 Å². The van der Waals surface area contributed by atoms with Gasteiger partial charge in [-0.05, 0) is 55.0 Å². The fourth-order valence-electron chi connectivity index (χ4n) is 4.62. The van der Waals surface area contributed by atoms with Crippen LogP contribution in [0.5, 0.6) is 5.75 Å². The van der Waals surface area contributed by atoms with Gasteiger partial charge in [0, 0.05) is 24.4 Å². The van der Waals surface area contributed by atoms with Gasteiger partial charge in [-0.2, -0.15) is 0 Å². The smallest absolute Gasteiger partial charge is 0.159 e. The van der Waals surface area contributed by atoms with Crippen LogP contribution in [0.1, 0.15) is 116 Å². The molecule has 2 aromatic rings. The number of hydrogen-bond acceptors (Lipinski definition) is 3. The van der Waals surface area contributed by atoms with Crippen molar-refractivity contribution in [3.63, 3.8) is 0 Å². The van der Waals surface area contributed by atoms with E-state index in [4.69, 9.17) is 4.74 Å². The van der Waals surface area contributed by atoms with E-state index in [-0.39, 0.29) is 0 Å². The molecular formula is C31H49FN2O. The van der Waals surface area contributed by atoms with Gasteiger partial charge in [-0.25, -0.2) is 14.4 Å². The van der Waals surface area contributed by atoms with Crippen LogP contribution in [0.4, 0.5) is 4.39 Å². The monoisotopic (exact) mass is 484 g/mol. The lowest BCUT2D eigenvalue weighted by atomic mass is 9.98. The summed E-state index contributed by atoms with van der Waals surface area (Å²) in [5.41, 5.74) is 2.18. The molecule has 0 amide bonds. The fourth-order valence-corrected chi connectivity index (χ4v) is 4.62. The standard InChI is InChI=1S/C31H49FN2O/c1-4-6-7-8-9-10-11-12-13-14-16-27-24-33-31(34-25-27)28-17-19-30(20-18-28)35-22-21-29(32)23-26(3)15-5-2/h17-20,24-26,29H,4-16,21-23H2,1-3H3.